The van der Waals surface area contributed by atoms with Gasteiger partial charge in [-0.3, -0.25) is 9.59 Å². The number of hydrogen-bond donors (Lipinski definition) is 2. The van der Waals surface area contributed by atoms with Crippen LogP contribution in [0.1, 0.15) is 63.2 Å². The van der Waals surface area contributed by atoms with Crippen LogP contribution in [0.2, 0.25) is 0 Å². The van der Waals surface area contributed by atoms with Gasteiger partial charge in [0.25, 0.3) is 5.91 Å². The number of para-hydroxylation sites is 2. The molecule has 0 aliphatic carbocycles. The lowest BCUT2D eigenvalue weighted by Gasteiger charge is -2.50. The molecule has 1 fully saturated rings. The number of nitrogens with zero attached hydrogens (tertiary/aromatic N) is 3. The second-order valence-corrected chi connectivity index (χ2v) is 14.1. The fraction of sp³-hybridized carbons (Fsp3) is 0.417. The number of likely N-dealkylation sites (N-methyl/N-ethyl adjacent to an activating group) is 1. The molecule has 11 nitrogen and oxygen atoms in total. The summed E-state index contributed by atoms with van der Waals surface area (Å²) in [6.07, 6.45) is -1.35. The number of aromatic nitrogens is 2. The van der Waals surface area contributed by atoms with E-state index in [9.17, 15) is 14.4 Å². The average molecular weight is 638 g/mol. The van der Waals surface area contributed by atoms with Gasteiger partial charge in [0.1, 0.15) is 24.0 Å². The summed E-state index contributed by atoms with van der Waals surface area (Å²) in [6, 6.07) is 15.0. The third-order valence-corrected chi connectivity index (χ3v) is 10.1. The molecule has 3 aliphatic rings. The fourth-order valence-electron chi connectivity index (χ4n) is 8.41. The zero-order valence-corrected chi connectivity index (χ0v) is 27.6. The molecule has 8 rings (SSSR count). The minimum atomic E-state index is -1.07. The van der Waals surface area contributed by atoms with Crippen LogP contribution in [-0.4, -0.2) is 69.9 Å². The molecule has 5 heterocycles. The lowest BCUT2D eigenvalue weighted by Crippen LogP contribution is -2.63. The van der Waals surface area contributed by atoms with E-state index >= 15 is 0 Å². The van der Waals surface area contributed by atoms with Crippen molar-refractivity contribution in [3.8, 4) is 0 Å². The van der Waals surface area contributed by atoms with E-state index in [-0.39, 0.29) is 11.8 Å². The smallest absolute Gasteiger partial charge is 0.408 e. The first-order chi connectivity index (χ1) is 22.4. The molecule has 244 valence electrons. The maximum Gasteiger partial charge on any atom is 0.408 e. The van der Waals surface area contributed by atoms with Crippen molar-refractivity contribution in [3.05, 3.63) is 59.7 Å². The largest absolute Gasteiger partial charge is 0.444 e. The van der Waals surface area contributed by atoms with Crippen molar-refractivity contribution in [1.82, 2.24) is 24.7 Å². The van der Waals surface area contributed by atoms with Crippen LogP contribution < -0.4 is 10.6 Å². The number of rotatable bonds is 4. The maximum absolute atomic E-state index is 14.0. The average Bonchev–Trinajstić information content (AvgIpc) is 3.66. The molecule has 3 aliphatic heterocycles. The molecule has 1 saturated heterocycles. The molecule has 0 unspecified atom stereocenters. The topological polar surface area (TPSA) is 116 Å². The molecule has 0 spiro atoms. The van der Waals surface area contributed by atoms with E-state index in [2.05, 4.69) is 44.0 Å². The monoisotopic (exact) mass is 637 g/mol. The van der Waals surface area contributed by atoms with Crippen molar-refractivity contribution in [3.63, 3.8) is 0 Å². The van der Waals surface area contributed by atoms with Crippen molar-refractivity contribution in [1.29, 1.82) is 0 Å². The van der Waals surface area contributed by atoms with E-state index in [1.54, 1.807) is 46.8 Å². The molecular formula is C36H39N5O6. The molecule has 47 heavy (non-hydrogen) atoms. The Morgan fingerprint density at radius 2 is 1.72 bits per heavy atom. The molecular weight excluding hydrogens is 598 g/mol. The molecule has 2 aromatic heterocycles. The van der Waals surface area contributed by atoms with Crippen LogP contribution in [-0.2, 0) is 31.3 Å². The first kappa shape index (κ1) is 29.8. The SMILES string of the molecule is CO[C@@H]1[C@H](N(C)C(=O)[C@H](C)NC(=O)OC(C)(C)C)C[C@H]2O[C@]1(C)n1c3ccccc3c3c4c(c5c6ccccc6n2c5c31)C(=O)NC4. The van der Waals surface area contributed by atoms with Crippen LogP contribution in [0.4, 0.5) is 4.79 Å². The van der Waals surface area contributed by atoms with Crippen molar-refractivity contribution in [2.75, 3.05) is 14.2 Å². The van der Waals surface area contributed by atoms with Gasteiger partial charge in [0.2, 0.25) is 5.91 Å². The van der Waals surface area contributed by atoms with E-state index in [1.165, 1.54) is 0 Å². The van der Waals surface area contributed by atoms with Gasteiger partial charge in [-0.15, -0.1) is 0 Å². The Balaban J connectivity index is 1.37. The number of carbonyl (C=O) groups is 3. The molecule has 5 atom stereocenters. The normalized spacial score (nSPS) is 24.1. The van der Waals surface area contributed by atoms with Gasteiger partial charge >= 0.3 is 6.09 Å². The Kier molecular flexibility index (Phi) is 6.30. The van der Waals surface area contributed by atoms with Gasteiger partial charge in [-0.2, -0.15) is 0 Å². The predicted octanol–water partition coefficient (Wildman–Crippen LogP) is 5.51. The quantitative estimate of drug-likeness (QED) is 0.269. The van der Waals surface area contributed by atoms with Crippen LogP contribution >= 0.6 is 0 Å². The number of amides is 3. The van der Waals surface area contributed by atoms with Crippen LogP contribution in [0.5, 0.6) is 0 Å². The number of fused-ring (bicyclic) bond motifs is 13. The number of ether oxygens (including phenoxy) is 3. The number of alkyl carbamates (subject to hydrolysis) is 1. The van der Waals surface area contributed by atoms with E-state index < -0.39 is 41.8 Å². The van der Waals surface area contributed by atoms with Gasteiger partial charge in [0.05, 0.1) is 33.7 Å². The van der Waals surface area contributed by atoms with Crippen LogP contribution in [0.25, 0.3) is 43.6 Å². The zero-order chi connectivity index (χ0) is 33.2. The van der Waals surface area contributed by atoms with Gasteiger partial charge in [-0.1, -0.05) is 36.4 Å². The highest BCUT2D eigenvalue weighted by Crippen LogP contribution is 2.54. The second-order valence-electron chi connectivity index (χ2n) is 14.1. The minimum Gasteiger partial charge on any atom is -0.444 e. The molecule has 0 radical (unpaired) electrons. The lowest BCUT2D eigenvalue weighted by molar-refractivity contribution is -0.266. The summed E-state index contributed by atoms with van der Waals surface area (Å²) < 4.78 is 23.4. The van der Waals surface area contributed by atoms with Gasteiger partial charge < -0.3 is 38.9 Å². The van der Waals surface area contributed by atoms with Crippen LogP contribution in [0.3, 0.4) is 0 Å². The van der Waals surface area contributed by atoms with Gasteiger partial charge in [-0.05, 0) is 52.3 Å². The third kappa shape index (κ3) is 4.02. The summed E-state index contributed by atoms with van der Waals surface area (Å²) in [5.41, 5.74) is 3.74. The standard InChI is InChI=1S/C36H39N5O6/c1-18(38-34(44)47-35(2,3)4)33(43)39(6)24-16-25-40-22-14-10-8-12-19(22)27-28-21(17-37-32(28)42)26-20-13-9-11-15-23(20)41(30(26)29(27)40)36(5,46-25)31(24)45-7/h8-15,18,24-25,31H,16-17H2,1-7H3,(H,37,42)(H,38,44)/t18-,24+,25+,31+,36-/m0/s1. The first-order valence-corrected chi connectivity index (χ1v) is 16.1. The van der Waals surface area contributed by atoms with Crippen molar-refractivity contribution < 1.29 is 28.6 Å². The van der Waals surface area contributed by atoms with Crippen LogP contribution in [0, 0.1) is 0 Å². The highest BCUT2D eigenvalue weighted by atomic mass is 16.6. The Labute approximate surface area is 271 Å². The van der Waals surface area contributed by atoms with Crippen LogP contribution in [0.15, 0.2) is 48.5 Å². The van der Waals surface area contributed by atoms with E-state index in [0.29, 0.717) is 18.5 Å². The number of methoxy groups -OCH3 is 1. The minimum absolute atomic E-state index is 0.0783. The highest BCUT2D eigenvalue weighted by molar-refractivity contribution is 6.31. The van der Waals surface area contributed by atoms with Crippen molar-refractivity contribution >= 4 is 61.5 Å². The van der Waals surface area contributed by atoms with Gasteiger partial charge in [-0.25, -0.2) is 4.79 Å². The Morgan fingerprint density at radius 1 is 1.06 bits per heavy atom. The first-order valence-electron chi connectivity index (χ1n) is 16.1. The Morgan fingerprint density at radius 3 is 2.40 bits per heavy atom. The molecule has 2 bridgehead atoms. The zero-order valence-electron chi connectivity index (χ0n) is 27.6. The van der Waals surface area contributed by atoms with Crippen molar-refractivity contribution in [2.45, 2.75) is 83.3 Å². The molecule has 2 N–H and O–H groups in total. The Bertz CT molecular complexity index is 2180. The lowest BCUT2D eigenvalue weighted by atomic mass is 9.91. The van der Waals surface area contributed by atoms with Gasteiger partial charge in [0.15, 0.2) is 5.72 Å². The molecule has 5 aromatic rings. The molecule has 3 amide bonds. The number of carbonyl (C=O) groups excluding carboxylic acids is 3. The summed E-state index contributed by atoms with van der Waals surface area (Å²) in [5.74, 6) is -0.353. The highest BCUT2D eigenvalue weighted by Gasteiger charge is 2.55. The van der Waals surface area contributed by atoms with Gasteiger partial charge in [0, 0.05) is 48.7 Å². The third-order valence-electron chi connectivity index (χ3n) is 10.1. The summed E-state index contributed by atoms with van der Waals surface area (Å²) in [4.78, 5) is 41.9. The molecule has 11 heteroatoms. The summed E-state index contributed by atoms with van der Waals surface area (Å²) in [5, 5.41) is 9.74. The summed E-state index contributed by atoms with van der Waals surface area (Å²) >= 11 is 0. The molecule has 3 aromatic carbocycles. The Hall–Kier alpha value is -4.61. The number of nitrogens with one attached hydrogen (secondary N) is 2. The number of hydrogen-bond acceptors (Lipinski definition) is 6. The van der Waals surface area contributed by atoms with Crippen molar-refractivity contribution in [2.24, 2.45) is 0 Å². The fourth-order valence-corrected chi connectivity index (χ4v) is 8.41. The predicted molar refractivity (Wildman–Crippen MR) is 178 cm³/mol. The molecule has 0 saturated carbocycles. The summed E-state index contributed by atoms with van der Waals surface area (Å²) in [6.45, 7) is 9.47. The van der Waals surface area contributed by atoms with E-state index in [4.69, 9.17) is 14.2 Å². The summed E-state index contributed by atoms with van der Waals surface area (Å²) in [7, 11) is 3.41. The van der Waals surface area contributed by atoms with E-state index in [1.807, 2.05) is 31.2 Å². The second kappa shape index (κ2) is 9.95. The van der Waals surface area contributed by atoms with E-state index in [0.717, 1.165) is 49.2 Å². The number of benzene rings is 3. The maximum atomic E-state index is 14.0.